The lowest BCUT2D eigenvalue weighted by Gasteiger charge is -2.36. The van der Waals surface area contributed by atoms with Crippen LogP contribution in [0.3, 0.4) is 0 Å². The number of hydrogen-bond donors (Lipinski definition) is 1. The van der Waals surface area contributed by atoms with Crippen molar-refractivity contribution in [3.05, 3.63) is 35.4 Å². The number of amides is 1. The highest BCUT2D eigenvalue weighted by Gasteiger charge is 2.40. The lowest BCUT2D eigenvalue weighted by Crippen LogP contribution is -2.53. The van der Waals surface area contributed by atoms with Gasteiger partial charge in [0.1, 0.15) is 6.54 Å². The van der Waals surface area contributed by atoms with E-state index >= 15 is 0 Å². The fraction of sp³-hybridized carbons (Fsp3) is 0.462. The number of alkyl halides is 3. The Morgan fingerprint density at radius 3 is 2.67 bits per heavy atom. The molecule has 0 saturated carbocycles. The molecule has 0 spiro atoms. The zero-order valence-corrected chi connectivity index (χ0v) is 10.7. The van der Waals surface area contributed by atoms with Crippen LogP contribution >= 0.6 is 0 Å². The van der Waals surface area contributed by atoms with E-state index < -0.39 is 42.2 Å². The van der Waals surface area contributed by atoms with Gasteiger partial charge in [-0.05, 0) is 18.6 Å². The van der Waals surface area contributed by atoms with E-state index in [4.69, 9.17) is 5.73 Å². The normalized spacial score (nSPS) is 23.1. The molecule has 0 aromatic heterocycles. The van der Waals surface area contributed by atoms with Gasteiger partial charge in [-0.2, -0.15) is 17.6 Å². The number of carbonyl (C=O) groups is 1. The summed E-state index contributed by atoms with van der Waals surface area (Å²) < 4.78 is 64.1. The van der Waals surface area contributed by atoms with Crippen molar-refractivity contribution in [3.63, 3.8) is 0 Å². The van der Waals surface area contributed by atoms with Gasteiger partial charge in [0.05, 0.1) is 6.04 Å². The number of nitrogens with two attached hydrogens (primary N) is 1. The molecule has 21 heavy (non-hydrogen) atoms. The minimum Gasteiger partial charge on any atom is -0.332 e. The number of hydrogen-bond acceptors (Lipinski definition) is 2. The van der Waals surface area contributed by atoms with Gasteiger partial charge < -0.3 is 10.6 Å². The number of halogens is 5. The number of rotatable bonds is 2. The molecule has 0 aliphatic carbocycles. The predicted molar refractivity (Wildman–Crippen MR) is 62.0 cm³/mol. The van der Waals surface area contributed by atoms with Crippen molar-refractivity contribution < 1.29 is 26.7 Å². The van der Waals surface area contributed by atoms with E-state index in [9.17, 15) is 26.7 Å². The fourth-order valence-corrected chi connectivity index (χ4v) is 2.38. The molecule has 114 valence electrons. The van der Waals surface area contributed by atoms with E-state index in [1.54, 1.807) is 0 Å². The number of carbonyl (C=O) groups excluding carboxylic acids is 1. The van der Waals surface area contributed by atoms with E-state index in [0.29, 0.717) is 4.90 Å². The molecule has 0 radical (unpaired) electrons. The molecule has 0 unspecified atom stereocenters. The molecule has 1 fully saturated rings. The summed E-state index contributed by atoms with van der Waals surface area (Å²) in [6.07, 6.45) is -4.64. The van der Waals surface area contributed by atoms with Gasteiger partial charge in [-0.25, -0.2) is 4.39 Å². The van der Waals surface area contributed by atoms with E-state index in [1.165, 1.54) is 0 Å². The van der Waals surface area contributed by atoms with Crippen molar-refractivity contribution in [1.29, 1.82) is 0 Å². The third kappa shape index (κ3) is 3.42. The van der Waals surface area contributed by atoms with Crippen molar-refractivity contribution in [2.75, 3.05) is 13.1 Å². The molecular formula is C13H11F5N2O. The molecule has 1 aromatic rings. The number of piperidine rings is 1. The molecule has 1 amide bonds. The smallest absolute Gasteiger partial charge is 0.332 e. The van der Waals surface area contributed by atoms with Crippen LogP contribution in [-0.2, 0) is 4.79 Å². The largest absolute Gasteiger partial charge is 0.406 e. The molecule has 2 N–H and O–H groups in total. The highest BCUT2D eigenvalue weighted by molar-refractivity contribution is 5.82. The topological polar surface area (TPSA) is 46.3 Å². The van der Waals surface area contributed by atoms with Crippen molar-refractivity contribution >= 4 is 5.91 Å². The van der Waals surface area contributed by atoms with Crippen molar-refractivity contribution in [1.82, 2.24) is 4.90 Å². The van der Waals surface area contributed by atoms with Crippen LogP contribution in [-0.4, -0.2) is 36.1 Å². The van der Waals surface area contributed by atoms with Gasteiger partial charge in [0.2, 0.25) is 11.7 Å². The molecule has 1 heterocycles. The average molecular weight is 306 g/mol. The van der Waals surface area contributed by atoms with E-state index in [1.807, 2.05) is 6.07 Å². The minimum atomic E-state index is -4.59. The summed E-state index contributed by atoms with van der Waals surface area (Å²) in [4.78, 5) is 12.2. The van der Waals surface area contributed by atoms with Crippen LogP contribution in [0.25, 0.3) is 0 Å². The van der Waals surface area contributed by atoms with E-state index in [0.717, 1.165) is 6.07 Å². The molecule has 1 saturated heterocycles. The van der Waals surface area contributed by atoms with Gasteiger partial charge in [0, 0.05) is 18.0 Å². The highest BCUT2D eigenvalue weighted by Crippen LogP contribution is 2.30. The third-order valence-corrected chi connectivity index (χ3v) is 3.27. The van der Waals surface area contributed by atoms with Crippen molar-refractivity contribution in [2.24, 2.45) is 5.73 Å². The molecule has 1 aliphatic heterocycles. The summed E-state index contributed by atoms with van der Waals surface area (Å²) >= 11 is 0. The van der Waals surface area contributed by atoms with Gasteiger partial charge >= 0.3 is 6.18 Å². The Labute approximate surface area is 117 Å². The molecule has 3 nitrogen and oxygen atoms in total. The molecular weight excluding hydrogens is 295 g/mol. The van der Waals surface area contributed by atoms with Gasteiger partial charge in [-0.3, -0.25) is 4.79 Å². The van der Waals surface area contributed by atoms with Crippen LogP contribution < -0.4 is 5.73 Å². The van der Waals surface area contributed by atoms with Crippen LogP contribution in [0.4, 0.5) is 22.0 Å². The first kappa shape index (κ1) is 15.5. The lowest BCUT2D eigenvalue weighted by molar-refractivity contribution is -0.165. The van der Waals surface area contributed by atoms with E-state index in [-0.39, 0.29) is 18.5 Å². The maximum atomic E-state index is 13.7. The Kier molecular flexibility index (Phi) is 4.05. The van der Waals surface area contributed by atoms with Crippen LogP contribution in [0.5, 0.6) is 0 Å². The highest BCUT2D eigenvalue weighted by atomic mass is 19.4. The Morgan fingerprint density at radius 1 is 1.38 bits per heavy atom. The van der Waals surface area contributed by atoms with Crippen LogP contribution in [0, 0.1) is 23.8 Å². The van der Waals surface area contributed by atoms with Crippen molar-refractivity contribution in [2.45, 2.75) is 24.6 Å². The quantitative estimate of drug-likeness (QED) is 0.847. The number of nitrogens with zero attached hydrogens (tertiary/aromatic N) is 1. The maximum Gasteiger partial charge on any atom is 0.406 e. The van der Waals surface area contributed by atoms with Gasteiger partial charge in [0.25, 0.3) is 0 Å². The predicted octanol–water partition coefficient (Wildman–Crippen LogP) is 1.77. The van der Waals surface area contributed by atoms with Crippen LogP contribution in [0.15, 0.2) is 6.07 Å². The van der Waals surface area contributed by atoms with E-state index in [2.05, 4.69) is 6.07 Å². The molecule has 1 aromatic carbocycles. The number of likely N-dealkylation sites (tertiary alicyclic amines) is 1. The maximum absolute atomic E-state index is 13.7. The van der Waals surface area contributed by atoms with Gasteiger partial charge in [0.15, 0.2) is 5.82 Å². The summed E-state index contributed by atoms with van der Waals surface area (Å²) in [5, 5.41) is 0. The second-order valence-corrected chi connectivity index (χ2v) is 4.87. The summed E-state index contributed by atoms with van der Waals surface area (Å²) in [6, 6.07) is 4.07. The van der Waals surface area contributed by atoms with Gasteiger partial charge in [-0.15, -0.1) is 0 Å². The monoisotopic (exact) mass is 306 g/mol. The summed E-state index contributed by atoms with van der Waals surface area (Å²) in [5.41, 5.74) is 5.36. The fourth-order valence-electron chi connectivity index (χ4n) is 2.38. The second-order valence-electron chi connectivity index (χ2n) is 4.87. The third-order valence-electron chi connectivity index (χ3n) is 3.27. The Balaban J connectivity index is 2.26. The van der Waals surface area contributed by atoms with Gasteiger partial charge in [-0.1, -0.05) is 6.07 Å². The Bertz CT molecular complexity index is 546. The molecule has 0 bridgehead atoms. The first-order valence-electron chi connectivity index (χ1n) is 6.07. The molecule has 2 atom stereocenters. The van der Waals surface area contributed by atoms with Crippen LogP contribution in [0.1, 0.15) is 17.9 Å². The molecule has 8 heteroatoms. The molecule has 1 aliphatic rings. The molecule has 2 rings (SSSR count). The summed E-state index contributed by atoms with van der Waals surface area (Å²) in [7, 11) is 0. The zero-order valence-electron chi connectivity index (χ0n) is 10.7. The summed E-state index contributed by atoms with van der Waals surface area (Å²) in [5.74, 6) is -4.14. The Morgan fingerprint density at radius 2 is 2.05 bits per heavy atom. The average Bonchev–Trinajstić information content (AvgIpc) is 2.36. The first-order chi connectivity index (χ1) is 9.69. The zero-order chi connectivity index (χ0) is 15.8. The lowest BCUT2D eigenvalue weighted by atomic mass is 9.88. The van der Waals surface area contributed by atoms with Crippen molar-refractivity contribution in [3.8, 4) is 0 Å². The van der Waals surface area contributed by atoms with Crippen LogP contribution in [0.2, 0.25) is 0 Å². The Hall–Kier alpha value is -1.88. The minimum absolute atomic E-state index is 0.0542. The first-order valence-corrected chi connectivity index (χ1v) is 6.07. The summed E-state index contributed by atoms with van der Waals surface area (Å²) in [6.45, 7) is -1.84. The standard InChI is InChI=1S/C13H11F5N2O/c14-9-3-1-2-8(11(9)15)7-4-10(19)12(21)20(5-7)6-13(16,17)18/h2,7,10H,4-6,19H2/t7-,10+/m1/s1. The SMILES string of the molecule is N[C@H]1C[C@@H](c2cc#cc(F)c2F)CN(CC(F)(F)F)C1=O. The second kappa shape index (κ2) is 5.48.